The topological polar surface area (TPSA) is 8.17 Å². The van der Waals surface area contributed by atoms with Gasteiger partial charge in [-0.3, -0.25) is 0 Å². The molecule has 0 aliphatic rings. The van der Waals surface area contributed by atoms with Crippen molar-refractivity contribution < 1.29 is 0 Å². The number of nitrogens with zero attached hydrogens (tertiary/aromatic N) is 2. The van der Waals surface area contributed by atoms with Crippen molar-refractivity contribution in [2.24, 2.45) is 0 Å². The maximum atomic E-state index is 2.45. The third-order valence-corrected chi connectivity index (χ3v) is 13.5. The summed E-state index contributed by atoms with van der Waals surface area (Å²) in [7, 11) is 0. The molecule has 1 aromatic heterocycles. The Hall–Kier alpha value is -8.72. The van der Waals surface area contributed by atoms with E-state index in [2.05, 4.69) is 264 Å². The highest BCUT2D eigenvalue weighted by atomic mass is 15.1. The van der Waals surface area contributed by atoms with Crippen LogP contribution in [-0.4, -0.2) is 4.57 Å². The Morgan fingerprint density at radius 2 is 0.803 bits per heavy atom. The Morgan fingerprint density at radius 1 is 0.273 bits per heavy atom. The SMILES string of the molecule is c1ccc(-n2c3cccc(-c4cccc(N(c5ccc(-c6ccc7ccccc7c6)cc5)c5ccc(-c6ccc7c(ccc8ccccc87)c6)cc5)c4)c3c3ccc4ccccc4c32)cc1. The van der Waals surface area contributed by atoms with Gasteiger partial charge in [0.2, 0.25) is 0 Å². The van der Waals surface area contributed by atoms with Crippen LogP contribution in [0, 0.1) is 0 Å². The van der Waals surface area contributed by atoms with Crippen molar-refractivity contribution in [3.8, 4) is 39.1 Å². The first-order valence-corrected chi connectivity index (χ1v) is 22.7. The van der Waals surface area contributed by atoms with Crippen LogP contribution >= 0.6 is 0 Å². The molecule has 12 aromatic carbocycles. The van der Waals surface area contributed by atoms with Crippen LogP contribution in [0.25, 0.3) is 104 Å². The van der Waals surface area contributed by atoms with Gasteiger partial charge in [0.1, 0.15) is 0 Å². The second-order valence-corrected chi connectivity index (χ2v) is 17.3. The molecule has 0 amide bonds. The summed E-state index contributed by atoms with van der Waals surface area (Å²) in [5.41, 5.74) is 14.0. The molecule has 0 spiro atoms. The molecular weight excluding hydrogens is 797 g/mol. The Labute approximate surface area is 383 Å². The zero-order valence-electron chi connectivity index (χ0n) is 36.1. The smallest absolute Gasteiger partial charge is 0.0619 e. The molecular formula is C64H42N2. The molecule has 2 nitrogen and oxygen atoms in total. The van der Waals surface area contributed by atoms with Crippen LogP contribution in [-0.2, 0) is 0 Å². The number of aromatic nitrogens is 1. The summed E-state index contributed by atoms with van der Waals surface area (Å²) in [6.45, 7) is 0. The first kappa shape index (κ1) is 37.8. The van der Waals surface area contributed by atoms with Crippen LogP contribution in [0.1, 0.15) is 0 Å². The van der Waals surface area contributed by atoms with E-state index >= 15 is 0 Å². The monoisotopic (exact) mass is 838 g/mol. The molecule has 0 N–H and O–H groups in total. The summed E-state index contributed by atoms with van der Waals surface area (Å²) >= 11 is 0. The Balaban J connectivity index is 0.950. The van der Waals surface area contributed by atoms with E-state index in [1.54, 1.807) is 0 Å². The molecule has 308 valence electrons. The molecule has 0 atom stereocenters. The lowest BCUT2D eigenvalue weighted by Gasteiger charge is -2.26. The van der Waals surface area contributed by atoms with Gasteiger partial charge < -0.3 is 9.47 Å². The highest BCUT2D eigenvalue weighted by Crippen LogP contribution is 2.44. The van der Waals surface area contributed by atoms with Crippen LogP contribution in [0.15, 0.2) is 255 Å². The highest BCUT2D eigenvalue weighted by molar-refractivity contribution is 6.22. The number of anilines is 3. The van der Waals surface area contributed by atoms with Crippen LogP contribution in [0.3, 0.4) is 0 Å². The molecule has 0 saturated carbocycles. The third-order valence-electron chi connectivity index (χ3n) is 13.5. The maximum Gasteiger partial charge on any atom is 0.0619 e. The van der Waals surface area contributed by atoms with Crippen LogP contribution < -0.4 is 4.90 Å². The van der Waals surface area contributed by atoms with Gasteiger partial charge >= 0.3 is 0 Å². The van der Waals surface area contributed by atoms with Crippen molar-refractivity contribution in [2.45, 2.75) is 0 Å². The summed E-state index contributed by atoms with van der Waals surface area (Å²) in [6, 6.07) is 93.3. The van der Waals surface area contributed by atoms with E-state index in [-0.39, 0.29) is 0 Å². The number of fused-ring (bicyclic) bond motifs is 9. The van der Waals surface area contributed by atoms with Crippen molar-refractivity contribution in [2.75, 3.05) is 4.90 Å². The molecule has 0 radical (unpaired) electrons. The third kappa shape index (κ3) is 6.34. The van der Waals surface area contributed by atoms with Crippen molar-refractivity contribution in [1.29, 1.82) is 0 Å². The summed E-state index contributed by atoms with van der Waals surface area (Å²) in [6.07, 6.45) is 0. The first-order valence-electron chi connectivity index (χ1n) is 22.7. The van der Waals surface area contributed by atoms with E-state index in [9.17, 15) is 0 Å². The number of para-hydroxylation sites is 1. The fourth-order valence-electron chi connectivity index (χ4n) is 10.3. The summed E-state index contributed by atoms with van der Waals surface area (Å²) in [4.78, 5) is 2.39. The average molecular weight is 839 g/mol. The van der Waals surface area contributed by atoms with Gasteiger partial charge in [-0.25, -0.2) is 0 Å². The fraction of sp³-hybridized carbons (Fsp3) is 0. The van der Waals surface area contributed by atoms with Crippen LogP contribution in [0.4, 0.5) is 17.1 Å². The Kier molecular flexibility index (Phi) is 8.89. The number of hydrogen-bond donors (Lipinski definition) is 0. The standard InChI is InChI=1S/C64H42N2/c1-2-17-53(18-3-1)66-62-23-11-22-59(63(62)61-39-32-47-14-7-9-21-60(47)64(61)66)51-16-10-19-56(42-51)65(54-34-28-44(29-35-54)49-26-24-43-12-4-5-15-48(43)40-49)55-36-30-45(31-37-55)50-33-38-58-52(41-50)27-25-46-13-6-8-20-57(46)58/h1-42H. The average Bonchev–Trinajstić information content (AvgIpc) is 3.74. The maximum absolute atomic E-state index is 2.45. The van der Waals surface area contributed by atoms with Gasteiger partial charge in [0.05, 0.1) is 11.0 Å². The largest absolute Gasteiger partial charge is 0.310 e. The minimum Gasteiger partial charge on any atom is -0.310 e. The van der Waals surface area contributed by atoms with Crippen molar-refractivity contribution in [1.82, 2.24) is 4.57 Å². The van der Waals surface area contributed by atoms with E-state index in [1.165, 1.54) is 92.7 Å². The predicted octanol–water partition coefficient (Wildman–Crippen LogP) is 17.9. The lowest BCUT2D eigenvalue weighted by atomic mass is 9.97. The second-order valence-electron chi connectivity index (χ2n) is 17.3. The normalized spacial score (nSPS) is 11.6. The van der Waals surface area contributed by atoms with E-state index in [0.717, 1.165) is 28.3 Å². The van der Waals surface area contributed by atoms with Crippen molar-refractivity contribution in [3.63, 3.8) is 0 Å². The molecule has 0 fully saturated rings. The van der Waals surface area contributed by atoms with Gasteiger partial charge in [-0.1, -0.05) is 188 Å². The molecule has 66 heavy (non-hydrogen) atoms. The second kappa shape index (κ2) is 15.5. The Bertz CT molecular complexity index is 3970. The number of rotatable bonds is 7. The number of benzene rings is 12. The lowest BCUT2D eigenvalue weighted by molar-refractivity contribution is 1.19. The van der Waals surface area contributed by atoms with E-state index in [1.807, 2.05) is 0 Å². The molecule has 13 aromatic rings. The lowest BCUT2D eigenvalue weighted by Crippen LogP contribution is -2.10. The van der Waals surface area contributed by atoms with Gasteiger partial charge in [-0.2, -0.15) is 0 Å². The molecule has 0 aliphatic heterocycles. The minimum absolute atomic E-state index is 1.09. The molecule has 0 aliphatic carbocycles. The van der Waals surface area contributed by atoms with Gasteiger partial charge in [0, 0.05) is 38.9 Å². The zero-order chi connectivity index (χ0) is 43.6. The van der Waals surface area contributed by atoms with Gasteiger partial charge in [-0.15, -0.1) is 0 Å². The quantitative estimate of drug-likeness (QED) is 0.145. The number of hydrogen-bond acceptors (Lipinski definition) is 1. The van der Waals surface area contributed by atoms with E-state index in [4.69, 9.17) is 0 Å². The molecule has 13 rings (SSSR count). The fourth-order valence-corrected chi connectivity index (χ4v) is 10.3. The van der Waals surface area contributed by atoms with E-state index < -0.39 is 0 Å². The van der Waals surface area contributed by atoms with Gasteiger partial charge in [-0.05, 0) is 138 Å². The van der Waals surface area contributed by atoms with Crippen molar-refractivity contribution in [3.05, 3.63) is 255 Å². The molecule has 1 heterocycles. The van der Waals surface area contributed by atoms with Crippen LogP contribution in [0.5, 0.6) is 0 Å². The highest BCUT2D eigenvalue weighted by Gasteiger charge is 2.20. The summed E-state index contributed by atoms with van der Waals surface area (Å²) in [5.74, 6) is 0. The predicted molar refractivity (Wildman–Crippen MR) is 282 cm³/mol. The molecule has 2 heteroatoms. The van der Waals surface area contributed by atoms with Gasteiger partial charge in [0.25, 0.3) is 0 Å². The Morgan fingerprint density at radius 3 is 1.56 bits per heavy atom. The minimum atomic E-state index is 1.09. The van der Waals surface area contributed by atoms with Gasteiger partial charge in [0.15, 0.2) is 0 Å². The van der Waals surface area contributed by atoms with E-state index in [0.29, 0.717) is 0 Å². The van der Waals surface area contributed by atoms with Crippen LogP contribution in [0.2, 0.25) is 0 Å². The molecule has 0 bridgehead atoms. The summed E-state index contributed by atoms with van der Waals surface area (Å²) < 4.78 is 2.45. The molecule has 0 saturated heterocycles. The van der Waals surface area contributed by atoms with Crippen molar-refractivity contribution >= 4 is 82.0 Å². The molecule has 0 unspecified atom stereocenters. The zero-order valence-corrected chi connectivity index (χ0v) is 36.1. The first-order chi connectivity index (χ1) is 32.7. The summed E-state index contributed by atoms with van der Waals surface area (Å²) in [5, 5.41) is 12.5.